The Morgan fingerprint density at radius 1 is 1.73 bits per heavy atom. The molecule has 0 aliphatic carbocycles. The minimum atomic E-state index is -1.10. The number of aliphatic carboxylic acids is 1. The van der Waals surface area contributed by atoms with Crippen molar-refractivity contribution in [3.05, 3.63) is 0 Å². The summed E-state index contributed by atoms with van der Waals surface area (Å²) in [5.41, 5.74) is 0. The molecular weight excluding hydrogens is 151 g/mol. The van der Waals surface area contributed by atoms with E-state index in [2.05, 4.69) is 0 Å². The van der Waals surface area contributed by atoms with E-state index in [1.54, 1.807) is 0 Å². The van der Waals surface area contributed by atoms with Gasteiger partial charge in [0.05, 0.1) is 13.0 Å². The second-order valence-corrected chi connectivity index (χ2v) is 2.74. The molecule has 1 heterocycles. The van der Waals surface area contributed by atoms with Gasteiger partial charge in [-0.1, -0.05) is 0 Å². The van der Waals surface area contributed by atoms with Gasteiger partial charge in [0.15, 0.2) is 0 Å². The molecule has 0 aromatic rings. The number of carboxylic acid groups (broad SMARTS) is 1. The van der Waals surface area contributed by atoms with Crippen LogP contribution >= 0.6 is 0 Å². The van der Waals surface area contributed by atoms with Crippen LogP contribution in [0.5, 0.6) is 0 Å². The van der Waals surface area contributed by atoms with Crippen molar-refractivity contribution in [1.29, 1.82) is 0 Å². The summed E-state index contributed by atoms with van der Waals surface area (Å²) < 4.78 is 17.6. The maximum absolute atomic E-state index is 12.8. The van der Waals surface area contributed by atoms with Gasteiger partial charge in [-0.2, -0.15) is 0 Å². The third-order valence-corrected chi connectivity index (χ3v) is 1.86. The number of hydrogen-bond acceptors (Lipinski definition) is 2. The van der Waals surface area contributed by atoms with Gasteiger partial charge < -0.3 is 9.84 Å². The second kappa shape index (κ2) is 3.67. The van der Waals surface area contributed by atoms with Crippen LogP contribution in [-0.2, 0) is 9.53 Å². The zero-order valence-electron chi connectivity index (χ0n) is 6.12. The molecule has 2 atom stereocenters. The summed E-state index contributed by atoms with van der Waals surface area (Å²) in [5, 5.41) is 8.38. The van der Waals surface area contributed by atoms with Gasteiger partial charge >= 0.3 is 5.97 Å². The predicted molar refractivity (Wildman–Crippen MR) is 36.1 cm³/mol. The Labute approximate surface area is 64.2 Å². The Balaban J connectivity index is 2.35. The van der Waals surface area contributed by atoms with E-state index < -0.39 is 12.1 Å². The highest BCUT2D eigenvalue weighted by atomic mass is 19.1. The molecule has 0 amide bonds. The molecule has 0 bridgehead atoms. The zero-order valence-corrected chi connectivity index (χ0v) is 6.12. The van der Waals surface area contributed by atoms with Gasteiger partial charge in [0.25, 0.3) is 0 Å². The quantitative estimate of drug-likeness (QED) is 0.654. The molecule has 1 aliphatic rings. The van der Waals surface area contributed by atoms with Crippen molar-refractivity contribution in [2.75, 3.05) is 13.2 Å². The van der Waals surface area contributed by atoms with Crippen LogP contribution in [0.1, 0.15) is 12.8 Å². The molecule has 0 aromatic heterocycles. The highest BCUT2D eigenvalue weighted by Gasteiger charge is 2.27. The smallest absolute Gasteiger partial charge is 0.303 e. The standard InChI is InChI=1S/C7H11FO3/c8-6-4-11-2-1-5(6)3-7(9)10/h5-6H,1-4H2,(H,9,10)/t5-,6-/m1/s1. The fourth-order valence-electron chi connectivity index (χ4n) is 1.20. The fourth-order valence-corrected chi connectivity index (χ4v) is 1.20. The average molecular weight is 162 g/mol. The van der Waals surface area contributed by atoms with Crippen LogP contribution in [0.3, 0.4) is 0 Å². The van der Waals surface area contributed by atoms with Gasteiger partial charge in [-0.3, -0.25) is 4.79 Å². The fraction of sp³-hybridized carbons (Fsp3) is 0.857. The third kappa shape index (κ3) is 2.46. The van der Waals surface area contributed by atoms with Crippen molar-refractivity contribution in [2.24, 2.45) is 5.92 Å². The summed E-state index contributed by atoms with van der Waals surface area (Å²) in [6.07, 6.45) is -0.655. The molecule has 0 saturated carbocycles. The van der Waals surface area contributed by atoms with Crippen molar-refractivity contribution in [2.45, 2.75) is 19.0 Å². The number of rotatable bonds is 2. The summed E-state index contributed by atoms with van der Waals surface area (Å²) in [5.74, 6) is -1.28. The molecule has 0 spiro atoms. The topological polar surface area (TPSA) is 46.5 Å². The molecule has 64 valence electrons. The SMILES string of the molecule is O=C(O)C[C@H]1CCOC[C@H]1F. The number of halogens is 1. The molecule has 0 unspecified atom stereocenters. The van der Waals surface area contributed by atoms with Gasteiger partial charge in [-0.15, -0.1) is 0 Å². The number of carbonyl (C=O) groups is 1. The molecule has 1 aliphatic heterocycles. The third-order valence-electron chi connectivity index (χ3n) is 1.86. The summed E-state index contributed by atoms with van der Waals surface area (Å²) >= 11 is 0. The molecule has 4 heteroatoms. The van der Waals surface area contributed by atoms with Crippen molar-refractivity contribution in [3.63, 3.8) is 0 Å². The molecule has 3 nitrogen and oxygen atoms in total. The van der Waals surface area contributed by atoms with E-state index in [0.717, 1.165) is 0 Å². The summed E-state index contributed by atoms with van der Waals surface area (Å²) in [6.45, 7) is 0.538. The first-order valence-corrected chi connectivity index (χ1v) is 3.63. The minimum absolute atomic E-state index is 0.0535. The summed E-state index contributed by atoms with van der Waals surface area (Å²) in [6, 6.07) is 0. The minimum Gasteiger partial charge on any atom is -0.481 e. The van der Waals surface area contributed by atoms with Crippen molar-refractivity contribution < 1.29 is 19.0 Å². The van der Waals surface area contributed by atoms with Crippen LogP contribution in [0, 0.1) is 5.92 Å². The summed E-state index contributed by atoms with van der Waals surface area (Å²) in [4.78, 5) is 10.2. The Morgan fingerprint density at radius 3 is 3.00 bits per heavy atom. The van der Waals surface area contributed by atoms with Crippen molar-refractivity contribution in [1.82, 2.24) is 0 Å². The Hall–Kier alpha value is -0.640. The van der Waals surface area contributed by atoms with Crippen LogP contribution in [0.2, 0.25) is 0 Å². The van der Waals surface area contributed by atoms with Crippen molar-refractivity contribution >= 4 is 5.97 Å². The molecule has 0 radical (unpaired) electrons. The second-order valence-electron chi connectivity index (χ2n) is 2.74. The van der Waals surface area contributed by atoms with E-state index in [1.165, 1.54) is 0 Å². The first kappa shape index (κ1) is 8.46. The van der Waals surface area contributed by atoms with E-state index in [-0.39, 0.29) is 18.9 Å². The average Bonchev–Trinajstić information content (AvgIpc) is 1.93. The van der Waals surface area contributed by atoms with Crippen LogP contribution < -0.4 is 0 Å². The lowest BCUT2D eigenvalue weighted by atomic mass is 9.95. The van der Waals surface area contributed by atoms with Crippen LogP contribution in [-0.4, -0.2) is 30.5 Å². The molecule has 1 fully saturated rings. The number of alkyl halides is 1. The van der Waals surface area contributed by atoms with Crippen LogP contribution in [0.15, 0.2) is 0 Å². The summed E-state index contributed by atoms with van der Waals surface area (Å²) in [7, 11) is 0. The van der Waals surface area contributed by atoms with E-state index in [1.807, 2.05) is 0 Å². The van der Waals surface area contributed by atoms with Gasteiger partial charge in [0.1, 0.15) is 6.17 Å². The highest BCUT2D eigenvalue weighted by Crippen LogP contribution is 2.21. The molecular formula is C7H11FO3. The number of carboxylic acids is 1. The largest absolute Gasteiger partial charge is 0.481 e. The van der Waals surface area contributed by atoms with Crippen LogP contribution in [0.4, 0.5) is 4.39 Å². The zero-order chi connectivity index (χ0) is 8.27. The molecule has 1 rings (SSSR count). The van der Waals surface area contributed by atoms with Gasteiger partial charge in [-0.05, 0) is 6.42 Å². The maximum atomic E-state index is 12.8. The predicted octanol–water partition coefficient (Wildman–Crippen LogP) is 0.836. The molecule has 0 aromatic carbocycles. The van der Waals surface area contributed by atoms with Gasteiger partial charge in [-0.25, -0.2) is 4.39 Å². The monoisotopic (exact) mass is 162 g/mol. The van der Waals surface area contributed by atoms with E-state index >= 15 is 0 Å². The maximum Gasteiger partial charge on any atom is 0.303 e. The first-order chi connectivity index (χ1) is 5.20. The Kier molecular flexibility index (Phi) is 2.82. The van der Waals surface area contributed by atoms with Crippen molar-refractivity contribution in [3.8, 4) is 0 Å². The number of hydrogen-bond donors (Lipinski definition) is 1. The molecule has 1 saturated heterocycles. The Morgan fingerprint density at radius 2 is 2.45 bits per heavy atom. The molecule has 11 heavy (non-hydrogen) atoms. The van der Waals surface area contributed by atoms with Gasteiger partial charge in [0, 0.05) is 12.5 Å². The Bertz CT molecular complexity index is 149. The lowest BCUT2D eigenvalue weighted by Gasteiger charge is -2.24. The number of ether oxygens (including phenoxy) is 1. The first-order valence-electron chi connectivity index (χ1n) is 3.63. The van der Waals surface area contributed by atoms with Crippen LogP contribution in [0.25, 0.3) is 0 Å². The lowest BCUT2D eigenvalue weighted by molar-refractivity contribution is -0.140. The molecule has 1 N–H and O–H groups in total. The highest BCUT2D eigenvalue weighted by molar-refractivity contribution is 5.67. The lowest BCUT2D eigenvalue weighted by Crippen LogP contribution is -2.30. The van der Waals surface area contributed by atoms with Gasteiger partial charge in [0.2, 0.25) is 0 Å². The van der Waals surface area contributed by atoms with E-state index in [9.17, 15) is 9.18 Å². The normalized spacial score (nSPS) is 31.7. The van der Waals surface area contributed by atoms with E-state index in [0.29, 0.717) is 13.0 Å². The van der Waals surface area contributed by atoms with E-state index in [4.69, 9.17) is 9.84 Å².